The molecule has 2 aliphatic heterocycles. The Kier molecular flexibility index (Phi) is 2.31. The largest absolute Gasteiger partial charge is 0.370 e. The third-order valence-electron chi connectivity index (χ3n) is 2.88. The summed E-state index contributed by atoms with van der Waals surface area (Å²) in [6, 6.07) is 0. The van der Waals surface area contributed by atoms with Crippen LogP contribution in [-0.4, -0.2) is 35.5 Å². The highest BCUT2D eigenvalue weighted by molar-refractivity contribution is 6.01. The van der Waals surface area contributed by atoms with Crippen molar-refractivity contribution in [2.75, 3.05) is 13.2 Å². The molecule has 2 fully saturated rings. The van der Waals surface area contributed by atoms with Crippen molar-refractivity contribution in [3.05, 3.63) is 0 Å². The number of rotatable bonds is 4. The number of hydrogen-bond donors (Lipinski definition) is 0. The van der Waals surface area contributed by atoms with Gasteiger partial charge in [-0.2, -0.15) is 0 Å². The van der Waals surface area contributed by atoms with Gasteiger partial charge >= 0.3 is 0 Å². The van der Waals surface area contributed by atoms with E-state index in [1.54, 1.807) is 0 Å². The minimum atomic E-state index is -0.0168. The van der Waals surface area contributed by atoms with Crippen LogP contribution in [0.1, 0.15) is 32.6 Å². The Balaban J connectivity index is 1.74. The van der Waals surface area contributed by atoms with E-state index in [1.807, 2.05) is 0 Å². The van der Waals surface area contributed by atoms with Crippen LogP contribution < -0.4 is 0 Å². The van der Waals surface area contributed by atoms with Crippen molar-refractivity contribution in [3.8, 4) is 0 Å². The highest BCUT2D eigenvalue weighted by Crippen LogP contribution is 2.31. The molecule has 14 heavy (non-hydrogen) atoms. The fraction of sp³-hybridized carbons (Fsp3) is 0.800. The predicted octanol–water partition coefficient (Wildman–Crippen LogP) is 0.704. The summed E-state index contributed by atoms with van der Waals surface area (Å²) in [4.78, 5) is 23.8. The summed E-state index contributed by atoms with van der Waals surface area (Å²) in [5, 5.41) is 0. The molecule has 2 amide bonds. The van der Waals surface area contributed by atoms with Crippen LogP contribution in [0.3, 0.4) is 0 Å². The SMILES string of the molecule is CC1(CCCN2C(=O)CCC2=O)CO1. The summed E-state index contributed by atoms with van der Waals surface area (Å²) in [6.07, 6.45) is 2.58. The van der Waals surface area contributed by atoms with Crippen LogP contribution in [0.25, 0.3) is 0 Å². The molecule has 4 nitrogen and oxygen atoms in total. The maximum atomic E-state index is 11.2. The van der Waals surface area contributed by atoms with Gasteiger partial charge in [0.15, 0.2) is 0 Å². The number of carbonyl (C=O) groups is 2. The zero-order chi connectivity index (χ0) is 10.2. The summed E-state index contributed by atoms with van der Waals surface area (Å²) in [5.41, 5.74) is 0.0336. The molecule has 0 aromatic carbocycles. The molecule has 0 radical (unpaired) electrons. The highest BCUT2D eigenvalue weighted by Gasteiger charge is 2.39. The van der Waals surface area contributed by atoms with Gasteiger partial charge in [0.05, 0.1) is 12.2 Å². The molecular weight excluding hydrogens is 182 g/mol. The summed E-state index contributed by atoms with van der Waals surface area (Å²) in [5.74, 6) is -0.0336. The van der Waals surface area contributed by atoms with Crippen LogP contribution in [0.15, 0.2) is 0 Å². The normalized spacial score (nSPS) is 31.4. The van der Waals surface area contributed by atoms with Crippen molar-refractivity contribution in [1.82, 2.24) is 4.90 Å². The van der Waals surface area contributed by atoms with Gasteiger partial charge in [-0.15, -0.1) is 0 Å². The minimum Gasteiger partial charge on any atom is -0.370 e. The lowest BCUT2D eigenvalue weighted by Gasteiger charge is -2.13. The van der Waals surface area contributed by atoms with Crippen molar-refractivity contribution in [1.29, 1.82) is 0 Å². The Hall–Kier alpha value is -0.900. The maximum Gasteiger partial charge on any atom is 0.229 e. The molecule has 2 aliphatic rings. The molecule has 2 rings (SSSR count). The van der Waals surface area contributed by atoms with Crippen molar-refractivity contribution < 1.29 is 14.3 Å². The van der Waals surface area contributed by atoms with Gasteiger partial charge in [0, 0.05) is 19.4 Å². The van der Waals surface area contributed by atoms with E-state index in [1.165, 1.54) is 4.90 Å². The molecule has 4 heteroatoms. The van der Waals surface area contributed by atoms with E-state index in [9.17, 15) is 9.59 Å². The molecular formula is C10H15NO3. The van der Waals surface area contributed by atoms with Crippen LogP contribution in [0.2, 0.25) is 0 Å². The topological polar surface area (TPSA) is 49.9 Å². The molecule has 2 saturated heterocycles. The number of likely N-dealkylation sites (tertiary alicyclic amines) is 1. The Labute approximate surface area is 83.2 Å². The number of carbonyl (C=O) groups excluding carboxylic acids is 2. The van der Waals surface area contributed by atoms with Crippen LogP contribution in [0.4, 0.5) is 0 Å². The Morgan fingerprint density at radius 2 is 1.93 bits per heavy atom. The molecule has 0 saturated carbocycles. The molecule has 2 heterocycles. The van der Waals surface area contributed by atoms with Gasteiger partial charge in [0.2, 0.25) is 11.8 Å². The lowest BCUT2D eigenvalue weighted by molar-refractivity contribution is -0.138. The highest BCUT2D eigenvalue weighted by atomic mass is 16.6. The van der Waals surface area contributed by atoms with Gasteiger partial charge in [-0.25, -0.2) is 0 Å². The zero-order valence-electron chi connectivity index (χ0n) is 8.41. The van der Waals surface area contributed by atoms with Crippen molar-refractivity contribution in [2.24, 2.45) is 0 Å². The van der Waals surface area contributed by atoms with E-state index in [0.717, 1.165) is 19.4 Å². The van der Waals surface area contributed by atoms with Gasteiger partial charge in [-0.05, 0) is 19.8 Å². The summed E-state index contributed by atoms with van der Waals surface area (Å²) in [6.45, 7) is 3.44. The number of imide groups is 1. The van der Waals surface area contributed by atoms with Gasteiger partial charge in [0.1, 0.15) is 0 Å². The molecule has 0 N–H and O–H groups in total. The standard InChI is InChI=1S/C10H15NO3/c1-10(7-14-10)5-2-6-11-8(12)3-4-9(11)13/h2-7H2,1H3. The first kappa shape index (κ1) is 9.65. The van der Waals surface area contributed by atoms with Gasteiger partial charge in [0.25, 0.3) is 0 Å². The van der Waals surface area contributed by atoms with Crippen LogP contribution in [0, 0.1) is 0 Å². The lowest BCUT2D eigenvalue weighted by Crippen LogP contribution is -2.30. The number of nitrogens with zero attached hydrogens (tertiary/aromatic N) is 1. The minimum absolute atomic E-state index is 0.0168. The quantitative estimate of drug-likeness (QED) is 0.492. The second kappa shape index (κ2) is 3.35. The monoisotopic (exact) mass is 197 g/mol. The maximum absolute atomic E-state index is 11.2. The molecule has 1 atom stereocenters. The van der Waals surface area contributed by atoms with E-state index in [2.05, 4.69) is 6.92 Å². The molecule has 78 valence electrons. The first-order valence-corrected chi connectivity index (χ1v) is 5.08. The molecule has 0 aliphatic carbocycles. The molecule has 0 spiro atoms. The third kappa shape index (κ3) is 1.95. The Bertz CT molecular complexity index is 255. The summed E-state index contributed by atoms with van der Waals surface area (Å²) >= 11 is 0. The molecule has 0 bridgehead atoms. The smallest absolute Gasteiger partial charge is 0.229 e. The Morgan fingerprint density at radius 3 is 2.43 bits per heavy atom. The fourth-order valence-electron chi connectivity index (χ4n) is 1.75. The second-order valence-electron chi connectivity index (χ2n) is 4.28. The van der Waals surface area contributed by atoms with E-state index >= 15 is 0 Å². The summed E-state index contributed by atoms with van der Waals surface area (Å²) < 4.78 is 5.23. The average Bonchev–Trinajstić information content (AvgIpc) is 2.79. The second-order valence-corrected chi connectivity index (χ2v) is 4.28. The van der Waals surface area contributed by atoms with Crippen molar-refractivity contribution >= 4 is 11.8 Å². The van der Waals surface area contributed by atoms with Crippen LogP contribution in [-0.2, 0) is 14.3 Å². The van der Waals surface area contributed by atoms with Gasteiger partial charge < -0.3 is 4.74 Å². The first-order valence-electron chi connectivity index (χ1n) is 5.08. The third-order valence-corrected chi connectivity index (χ3v) is 2.88. The fourth-order valence-corrected chi connectivity index (χ4v) is 1.75. The number of amides is 2. The van der Waals surface area contributed by atoms with Crippen molar-refractivity contribution in [3.63, 3.8) is 0 Å². The Morgan fingerprint density at radius 1 is 1.36 bits per heavy atom. The molecule has 1 unspecified atom stereocenters. The van der Waals surface area contributed by atoms with Crippen LogP contribution >= 0.6 is 0 Å². The van der Waals surface area contributed by atoms with Crippen LogP contribution in [0.5, 0.6) is 0 Å². The van der Waals surface area contributed by atoms with Gasteiger partial charge in [-0.1, -0.05) is 0 Å². The van der Waals surface area contributed by atoms with E-state index in [4.69, 9.17) is 4.74 Å². The van der Waals surface area contributed by atoms with E-state index in [0.29, 0.717) is 19.4 Å². The number of hydrogen-bond acceptors (Lipinski definition) is 3. The zero-order valence-corrected chi connectivity index (χ0v) is 8.41. The average molecular weight is 197 g/mol. The van der Waals surface area contributed by atoms with E-state index in [-0.39, 0.29) is 17.4 Å². The lowest BCUT2D eigenvalue weighted by atomic mass is 10.1. The molecule has 0 aromatic heterocycles. The molecule has 0 aromatic rings. The number of ether oxygens (including phenoxy) is 1. The predicted molar refractivity (Wildman–Crippen MR) is 49.5 cm³/mol. The summed E-state index contributed by atoms with van der Waals surface area (Å²) in [7, 11) is 0. The van der Waals surface area contributed by atoms with Crippen molar-refractivity contribution in [2.45, 2.75) is 38.2 Å². The first-order chi connectivity index (χ1) is 6.61. The number of epoxide rings is 1. The van der Waals surface area contributed by atoms with E-state index < -0.39 is 0 Å². The van der Waals surface area contributed by atoms with Gasteiger partial charge in [-0.3, -0.25) is 14.5 Å².